The maximum Gasteiger partial charge on any atom is 0.320 e. The number of hydrogen-bond acceptors (Lipinski definition) is 7. The maximum absolute atomic E-state index is 12.4. The van der Waals surface area contributed by atoms with Crippen molar-refractivity contribution in [3.8, 4) is 18.2 Å². The summed E-state index contributed by atoms with van der Waals surface area (Å²) in [4.78, 5) is 19.5. The Morgan fingerprint density at radius 3 is 1.79 bits per heavy atom. The van der Waals surface area contributed by atoms with Crippen LogP contribution in [0.15, 0.2) is 0 Å². The third kappa shape index (κ3) is 6.39. The van der Waals surface area contributed by atoms with Gasteiger partial charge in [-0.05, 0) is 0 Å². The fourth-order valence-electron chi connectivity index (χ4n) is 2.54. The first-order chi connectivity index (χ1) is 11.7. The van der Waals surface area contributed by atoms with Gasteiger partial charge in [-0.25, -0.2) is 4.79 Å². The summed E-state index contributed by atoms with van der Waals surface area (Å²) in [7, 11) is 0. The number of nitriles is 3. The molecule has 0 atom stereocenters. The van der Waals surface area contributed by atoms with Crippen LogP contribution in [0.3, 0.4) is 0 Å². The van der Waals surface area contributed by atoms with Gasteiger partial charge in [0, 0.05) is 52.4 Å². The number of amides is 2. The molecule has 1 aliphatic heterocycles. The molecule has 0 unspecified atom stereocenters. The van der Waals surface area contributed by atoms with Crippen LogP contribution in [0, 0.1) is 34.0 Å². The first-order valence-electron chi connectivity index (χ1n) is 7.95. The van der Waals surface area contributed by atoms with Gasteiger partial charge in [-0.3, -0.25) is 9.80 Å². The highest BCUT2D eigenvalue weighted by molar-refractivity contribution is 5.76. The third-order valence-corrected chi connectivity index (χ3v) is 3.88. The zero-order chi connectivity index (χ0) is 17.8. The average molecular weight is 332 g/mol. The van der Waals surface area contributed by atoms with Crippen molar-refractivity contribution in [1.29, 1.82) is 15.8 Å². The molecule has 1 saturated heterocycles. The van der Waals surface area contributed by atoms with E-state index >= 15 is 0 Å². The molecule has 2 amide bonds. The van der Waals surface area contributed by atoms with Crippen LogP contribution < -0.4 is 5.73 Å². The quantitative estimate of drug-likeness (QED) is 0.473. The van der Waals surface area contributed by atoms with Gasteiger partial charge < -0.3 is 15.5 Å². The summed E-state index contributed by atoms with van der Waals surface area (Å²) in [6.07, 6.45) is 0. The zero-order valence-corrected chi connectivity index (χ0v) is 13.9. The largest absolute Gasteiger partial charge is 0.329 e. The van der Waals surface area contributed by atoms with Crippen molar-refractivity contribution < 1.29 is 4.79 Å². The number of carbonyl (C=O) groups excluding carboxylic acids is 1. The van der Waals surface area contributed by atoms with Gasteiger partial charge in [-0.15, -0.1) is 0 Å². The molecule has 1 heterocycles. The summed E-state index contributed by atoms with van der Waals surface area (Å²) in [6.45, 7) is 5.28. The Morgan fingerprint density at radius 2 is 1.33 bits per heavy atom. The van der Waals surface area contributed by atoms with E-state index in [1.807, 2.05) is 17.0 Å². The molecule has 1 fully saturated rings. The standard InChI is InChI=1S/C15H24N8O/c16-1-5-20(6-2-17)9-11-22-13-14-23(15(22)24)12-10-21(7-3-18)8-4-19/h1,5-14,16H2. The van der Waals surface area contributed by atoms with Gasteiger partial charge in [0.25, 0.3) is 0 Å². The first kappa shape index (κ1) is 19.7. The second kappa shape index (κ2) is 11.2. The van der Waals surface area contributed by atoms with Gasteiger partial charge in [0.15, 0.2) is 0 Å². The van der Waals surface area contributed by atoms with Crippen LogP contribution in [0.5, 0.6) is 0 Å². The Morgan fingerprint density at radius 1 is 0.875 bits per heavy atom. The normalized spacial score (nSPS) is 14.1. The third-order valence-electron chi connectivity index (χ3n) is 3.88. The minimum Gasteiger partial charge on any atom is -0.329 e. The van der Waals surface area contributed by atoms with Crippen molar-refractivity contribution in [2.75, 3.05) is 72.0 Å². The summed E-state index contributed by atoms with van der Waals surface area (Å²) in [5.41, 5.74) is 5.52. The molecule has 1 rings (SSSR count). The van der Waals surface area contributed by atoms with Gasteiger partial charge in [0.2, 0.25) is 0 Å². The van der Waals surface area contributed by atoms with Gasteiger partial charge in [0.05, 0.1) is 37.8 Å². The Balaban J connectivity index is 2.40. The molecule has 0 aromatic rings. The molecule has 0 saturated carbocycles. The highest BCUT2D eigenvalue weighted by atomic mass is 16.2. The van der Waals surface area contributed by atoms with Crippen LogP contribution in [0.25, 0.3) is 0 Å². The summed E-state index contributed by atoms with van der Waals surface area (Å²) in [5.74, 6) is 0. The van der Waals surface area contributed by atoms with Crippen molar-refractivity contribution in [1.82, 2.24) is 19.6 Å². The fourth-order valence-corrected chi connectivity index (χ4v) is 2.54. The molecule has 9 heteroatoms. The van der Waals surface area contributed by atoms with E-state index in [-0.39, 0.29) is 19.1 Å². The molecular weight excluding hydrogens is 308 g/mol. The van der Waals surface area contributed by atoms with E-state index in [1.165, 1.54) is 0 Å². The first-order valence-corrected chi connectivity index (χ1v) is 7.95. The topological polar surface area (TPSA) is 127 Å². The molecule has 9 nitrogen and oxygen atoms in total. The molecule has 130 valence electrons. The molecule has 0 radical (unpaired) electrons. The predicted molar refractivity (Wildman–Crippen MR) is 87.3 cm³/mol. The molecule has 1 aliphatic rings. The number of nitrogens with zero attached hydrogens (tertiary/aromatic N) is 7. The Kier molecular flexibility index (Phi) is 9.18. The predicted octanol–water partition coefficient (Wildman–Crippen LogP) is -1.14. The molecule has 0 spiro atoms. The number of carbonyl (C=O) groups is 1. The molecular formula is C15H24N8O. The van der Waals surface area contributed by atoms with Crippen LogP contribution in [0.4, 0.5) is 4.79 Å². The summed E-state index contributed by atoms with van der Waals surface area (Å²) in [6, 6.07) is 6.12. The summed E-state index contributed by atoms with van der Waals surface area (Å²) >= 11 is 0. The SMILES string of the molecule is N#CCN(CC#N)CCN1CCN(CCN(CC#N)CCN)C1=O. The van der Waals surface area contributed by atoms with Crippen LogP contribution in [0.1, 0.15) is 0 Å². The smallest absolute Gasteiger partial charge is 0.320 e. The summed E-state index contributed by atoms with van der Waals surface area (Å²) < 4.78 is 0. The van der Waals surface area contributed by atoms with Crippen molar-refractivity contribution >= 4 is 6.03 Å². The average Bonchev–Trinajstić information content (AvgIpc) is 2.91. The fraction of sp³-hybridized carbons (Fsp3) is 0.733. The molecule has 0 aromatic heterocycles. The number of rotatable bonds is 11. The Bertz CT molecular complexity index is 501. The molecule has 0 aliphatic carbocycles. The highest BCUT2D eigenvalue weighted by Gasteiger charge is 2.28. The van der Waals surface area contributed by atoms with Crippen LogP contribution in [-0.4, -0.2) is 97.6 Å². The maximum atomic E-state index is 12.4. The van der Waals surface area contributed by atoms with Crippen molar-refractivity contribution in [2.45, 2.75) is 0 Å². The lowest BCUT2D eigenvalue weighted by Crippen LogP contribution is -2.41. The van der Waals surface area contributed by atoms with E-state index in [9.17, 15) is 4.79 Å². The Labute approximate surface area is 143 Å². The van der Waals surface area contributed by atoms with Crippen LogP contribution in [-0.2, 0) is 0 Å². The second-order valence-corrected chi connectivity index (χ2v) is 5.51. The van der Waals surface area contributed by atoms with E-state index in [4.69, 9.17) is 21.5 Å². The number of hydrogen-bond donors (Lipinski definition) is 1. The monoisotopic (exact) mass is 332 g/mol. The van der Waals surface area contributed by atoms with Crippen LogP contribution >= 0.6 is 0 Å². The molecule has 0 bridgehead atoms. The van der Waals surface area contributed by atoms with Gasteiger partial charge in [-0.2, -0.15) is 15.8 Å². The number of urea groups is 1. The van der Waals surface area contributed by atoms with Crippen LogP contribution in [0.2, 0.25) is 0 Å². The highest BCUT2D eigenvalue weighted by Crippen LogP contribution is 2.08. The van der Waals surface area contributed by atoms with E-state index < -0.39 is 0 Å². The van der Waals surface area contributed by atoms with Crippen molar-refractivity contribution in [3.05, 3.63) is 0 Å². The summed E-state index contributed by atoms with van der Waals surface area (Å²) in [5, 5.41) is 26.3. The molecule has 2 N–H and O–H groups in total. The minimum absolute atomic E-state index is 0.0338. The lowest BCUT2D eigenvalue weighted by atomic mass is 10.4. The minimum atomic E-state index is -0.0338. The van der Waals surface area contributed by atoms with E-state index in [2.05, 4.69) is 6.07 Å². The molecule has 0 aromatic carbocycles. The van der Waals surface area contributed by atoms with Crippen molar-refractivity contribution in [2.24, 2.45) is 5.73 Å². The van der Waals surface area contributed by atoms with E-state index in [0.717, 1.165) is 0 Å². The van der Waals surface area contributed by atoms with E-state index in [1.54, 1.807) is 14.7 Å². The van der Waals surface area contributed by atoms with E-state index in [0.29, 0.717) is 58.9 Å². The van der Waals surface area contributed by atoms with Crippen molar-refractivity contribution in [3.63, 3.8) is 0 Å². The lowest BCUT2D eigenvalue weighted by Gasteiger charge is -2.24. The number of nitrogens with two attached hydrogens (primary N) is 1. The van der Waals surface area contributed by atoms with Gasteiger partial charge in [0.1, 0.15) is 0 Å². The lowest BCUT2D eigenvalue weighted by molar-refractivity contribution is 0.180. The zero-order valence-electron chi connectivity index (χ0n) is 13.9. The Hall–Kier alpha value is -2.38. The second-order valence-electron chi connectivity index (χ2n) is 5.51. The van der Waals surface area contributed by atoms with Gasteiger partial charge >= 0.3 is 6.03 Å². The molecule has 24 heavy (non-hydrogen) atoms. The van der Waals surface area contributed by atoms with Gasteiger partial charge in [-0.1, -0.05) is 0 Å².